The Morgan fingerprint density at radius 2 is 0.769 bits per heavy atom. The molecule has 0 radical (unpaired) electrons. The summed E-state index contributed by atoms with van der Waals surface area (Å²) in [5, 5.41) is 87.4. The Morgan fingerprint density at radius 3 is 1.21 bits per heavy atom. The van der Waals surface area contributed by atoms with E-state index < -0.39 is 86.8 Å². The second-order valence-corrected chi connectivity index (χ2v) is 24.3. The van der Waals surface area contributed by atoms with E-state index in [1.807, 2.05) is 6.08 Å². The monoisotopic (exact) mass is 1270 g/mol. The Morgan fingerprint density at radius 1 is 0.407 bits per heavy atom. The molecule has 12 atom stereocenters. The number of aliphatic hydroxyl groups is 8. The lowest BCUT2D eigenvalue weighted by Crippen LogP contribution is -2.65. The standard InChI is InChI=1S/C77H127NO13/c1-3-5-7-9-11-13-15-17-19-21-23-25-27-28-29-30-31-32-33-34-35-36-37-38-39-41-43-45-47-49-51-53-55-57-59-61-69(82)78-65(64-88-76-74(87)72(85)75(68(63-80)90-76)91-77-73(86)71(84)70(83)67(62-79)89-77)66(81)60-58-56-54-52-50-48-46-44-42-40-26-24-22-20-18-16-14-12-10-8-6-4-2/h5,7,11,13,17,19,23,25,28-29,31-32,34-35,37-38,41,43,47,49-50,52,58,60,65-68,70-77,79-81,83-87H,3-4,6,8-10,12,14-16,18,20-22,24,26-27,30,33,36,39-40,42,44-46,48,51,53-57,59,61-64H2,1-2H3,(H,78,82)/b7-5-,13-11-,19-17-,25-23-,29-28-,32-31-,35-34-,38-37-,43-41-,49-47-,52-50+,60-58+. The summed E-state index contributed by atoms with van der Waals surface area (Å²) in [4.78, 5) is 13.3. The number of allylic oxidation sites excluding steroid dienone is 23. The highest BCUT2D eigenvalue weighted by molar-refractivity contribution is 5.76. The number of hydrogen-bond donors (Lipinski definition) is 9. The summed E-state index contributed by atoms with van der Waals surface area (Å²) in [6, 6.07) is -0.958. The lowest BCUT2D eigenvalue weighted by Gasteiger charge is -2.46. The van der Waals surface area contributed by atoms with Crippen LogP contribution in [0.3, 0.4) is 0 Å². The van der Waals surface area contributed by atoms with Gasteiger partial charge in [0.2, 0.25) is 5.91 Å². The number of unbranched alkanes of at least 4 members (excludes halogenated alkanes) is 21. The van der Waals surface area contributed by atoms with Crippen LogP contribution in [0.25, 0.3) is 0 Å². The Hall–Kier alpha value is -4.13. The van der Waals surface area contributed by atoms with Gasteiger partial charge in [-0.15, -0.1) is 0 Å². The maximum Gasteiger partial charge on any atom is 0.220 e. The van der Waals surface area contributed by atoms with Gasteiger partial charge in [-0.2, -0.15) is 0 Å². The average Bonchev–Trinajstić information content (AvgIpc) is 0.888. The van der Waals surface area contributed by atoms with Gasteiger partial charge in [0.25, 0.3) is 0 Å². The van der Waals surface area contributed by atoms with Crippen molar-refractivity contribution >= 4 is 5.91 Å². The van der Waals surface area contributed by atoms with Gasteiger partial charge >= 0.3 is 0 Å². The Bertz CT molecular complexity index is 2090. The van der Waals surface area contributed by atoms with Crippen LogP contribution in [0.2, 0.25) is 0 Å². The molecule has 2 fully saturated rings. The van der Waals surface area contributed by atoms with Gasteiger partial charge in [0.15, 0.2) is 12.6 Å². The van der Waals surface area contributed by atoms with Gasteiger partial charge in [-0.1, -0.05) is 269 Å². The molecule has 2 aliphatic rings. The van der Waals surface area contributed by atoms with E-state index in [2.05, 4.69) is 153 Å². The molecule has 2 heterocycles. The zero-order valence-electron chi connectivity index (χ0n) is 56.3. The topological polar surface area (TPSA) is 228 Å². The largest absolute Gasteiger partial charge is 0.394 e. The average molecular weight is 1270 g/mol. The second-order valence-electron chi connectivity index (χ2n) is 24.3. The molecule has 0 saturated carbocycles. The summed E-state index contributed by atoms with van der Waals surface area (Å²) in [7, 11) is 0. The van der Waals surface area contributed by atoms with Gasteiger partial charge in [0.1, 0.15) is 48.8 Å². The molecule has 0 aromatic carbocycles. The third-order valence-corrected chi connectivity index (χ3v) is 16.3. The van der Waals surface area contributed by atoms with E-state index in [4.69, 9.17) is 18.9 Å². The predicted octanol–water partition coefficient (Wildman–Crippen LogP) is 14.8. The van der Waals surface area contributed by atoms with Crippen molar-refractivity contribution in [3.8, 4) is 0 Å². The van der Waals surface area contributed by atoms with Crippen molar-refractivity contribution in [2.75, 3.05) is 19.8 Å². The normalized spacial score (nSPS) is 23.7. The molecule has 1 amide bonds. The quantitative estimate of drug-likeness (QED) is 0.0204. The Labute approximate surface area is 551 Å². The van der Waals surface area contributed by atoms with Crippen molar-refractivity contribution in [2.45, 2.75) is 312 Å². The molecule has 518 valence electrons. The van der Waals surface area contributed by atoms with Crippen molar-refractivity contribution < 1.29 is 64.6 Å². The highest BCUT2D eigenvalue weighted by atomic mass is 16.7. The number of carbonyl (C=O) groups excluding carboxylic acids is 1. The number of rotatable bonds is 56. The van der Waals surface area contributed by atoms with Crippen LogP contribution in [0.1, 0.15) is 239 Å². The summed E-state index contributed by atoms with van der Waals surface area (Å²) in [5.41, 5.74) is 0. The molecule has 0 spiro atoms. The zero-order chi connectivity index (χ0) is 65.9. The van der Waals surface area contributed by atoms with Gasteiger partial charge in [0.05, 0.1) is 32.0 Å². The van der Waals surface area contributed by atoms with Crippen LogP contribution in [-0.4, -0.2) is 140 Å². The Balaban J connectivity index is 1.71. The molecule has 0 bridgehead atoms. The lowest BCUT2D eigenvalue weighted by atomic mass is 9.97. The van der Waals surface area contributed by atoms with Crippen LogP contribution in [-0.2, 0) is 23.7 Å². The smallest absolute Gasteiger partial charge is 0.220 e. The van der Waals surface area contributed by atoms with E-state index in [0.717, 1.165) is 103 Å². The van der Waals surface area contributed by atoms with Crippen molar-refractivity contribution in [1.29, 1.82) is 0 Å². The van der Waals surface area contributed by atoms with E-state index in [-0.39, 0.29) is 18.9 Å². The fourth-order valence-corrected chi connectivity index (χ4v) is 10.6. The van der Waals surface area contributed by atoms with Crippen LogP contribution >= 0.6 is 0 Å². The number of nitrogens with one attached hydrogen (secondary N) is 1. The molecule has 9 N–H and O–H groups in total. The van der Waals surface area contributed by atoms with Crippen LogP contribution in [0.5, 0.6) is 0 Å². The number of ether oxygens (including phenoxy) is 4. The number of amides is 1. The molecule has 91 heavy (non-hydrogen) atoms. The second kappa shape index (κ2) is 59.6. The van der Waals surface area contributed by atoms with E-state index in [1.165, 1.54) is 103 Å². The minimum atomic E-state index is -1.80. The molecule has 2 saturated heterocycles. The van der Waals surface area contributed by atoms with Gasteiger partial charge in [0, 0.05) is 6.42 Å². The molecular formula is C77H127NO13. The van der Waals surface area contributed by atoms with E-state index in [0.29, 0.717) is 12.8 Å². The maximum atomic E-state index is 13.3. The molecule has 12 unspecified atom stereocenters. The third-order valence-electron chi connectivity index (χ3n) is 16.3. The first-order valence-electron chi connectivity index (χ1n) is 35.6. The fraction of sp³-hybridized carbons (Fsp3) is 0.675. The number of carbonyl (C=O) groups is 1. The maximum absolute atomic E-state index is 13.3. The molecule has 14 nitrogen and oxygen atoms in total. The van der Waals surface area contributed by atoms with E-state index >= 15 is 0 Å². The number of hydrogen-bond acceptors (Lipinski definition) is 13. The van der Waals surface area contributed by atoms with Gasteiger partial charge in [-0.05, 0) is 109 Å². The van der Waals surface area contributed by atoms with Crippen LogP contribution < -0.4 is 5.32 Å². The predicted molar refractivity (Wildman–Crippen MR) is 373 cm³/mol. The molecule has 14 heteroatoms. The molecule has 2 rings (SSSR count). The van der Waals surface area contributed by atoms with Crippen molar-refractivity contribution in [3.05, 3.63) is 146 Å². The third kappa shape index (κ3) is 43.5. The highest BCUT2D eigenvalue weighted by Gasteiger charge is 2.51. The minimum absolute atomic E-state index is 0.234. The Kier molecular flexibility index (Phi) is 54.3. The zero-order valence-corrected chi connectivity index (χ0v) is 56.3. The fourth-order valence-electron chi connectivity index (χ4n) is 10.6. The van der Waals surface area contributed by atoms with Crippen LogP contribution in [0, 0.1) is 0 Å². The summed E-state index contributed by atoms with van der Waals surface area (Å²) < 4.78 is 22.8. The molecule has 0 aliphatic carbocycles. The molecule has 0 aromatic heterocycles. The first kappa shape index (κ1) is 83.0. The van der Waals surface area contributed by atoms with Gasteiger partial charge in [-0.3, -0.25) is 4.79 Å². The lowest BCUT2D eigenvalue weighted by molar-refractivity contribution is -0.359. The van der Waals surface area contributed by atoms with Crippen molar-refractivity contribution in [3.63, 3.8) is 0 Å². The summed E-state index contributed by atoms with van der Waals surface area (Å²) in [6.07, 6.45) is 73.2. The molecule has 0 aromatic rings. The summed E-state index contributed by atoms with van der Waals surface area (Å²) in [5.74, 6) is -0.278. The van der Waals surface area contributed by atoms with Crippen molar-refractivity contribution in [1.82, 2.24) is 5.32 Å². The number of aliphatic hydroxyl groups excluding tert-OH is 8. The van der Waals surface area contributed by atoms with E-state index in [9.17, 15) is 45.6 Å². The summed E-state index contributed by atoms with van der Waals surface area (Å²) in [6.45, 7) is 2.65. The van der Waals surface area contributed by atoms with Gasteiger partial charge < -0.3 is 65.1 Å². The summed E-state index contributed by atoms with van der Waals surface area (Å²) >= 11 is 0. The first-order valence-corrected chi connectivity index (χ1v) is 35.6. The first-order chi connectivity index (χ1) is 44.6. The molecule has 2 aliphatic heterocycles. The van der Waals surface area contributed by atoms with Crippen molar-refractivity contribution in [2.24, 2.45) is 0 Å². The van der Waals surface area contributed by atoms with Gasteiger partial charge in [-0.25, -0.2) is 0 Å². The minimum Gasteiger partial charge on any atom is -0.394 e. The van der Waals surface area contributed by atoms with Crippen LogP contribution in [0.15, 0.2) is 146 Å². The van der Waals surface area contributed by atoms with E-state index in [1.54, 1.807) is 6.08 Å². The van der Waals surface area contributed by atoms with Crippen LogP contribution in [0.4, 0.5) is 0 Å². The SMILES string of the molecule is CC/C=C\C/C=C\C/C=C\C/C=C\C/C=C\C/C=C\C/C=C\C/C=C\C/C=C\C/C=C\CCCCCCC(=O)NC(COC1OC(CO)C(OC2OC(CO)C(O)C(O)C2O)C(O)C1O)C(O)/C=C/CC/C=C/CCCCCCCCCCCCCCCCCC. The highest BCUT2D eigenvalue weighted by Crippen LogP contribution is 2.30. The molecular weight excluding hydrogens is 1150 g/mol.